The summed E-state index contributed by atoms with van der Waals surface area (Å²) in [6.45, 7) is 1.68. The average molecular weight is 423 g/mol. The molecule has 3 aromatic rings. The molecule has 150 valence electrons. The molecule has 0 saturated heterocycles. The number of carbonyl (C=O) groups is 1. The summed E-state index contributed by atoms with van der Waals surface area (Å²) in [7, 11) is 0. The van der Waals surface area contributed by atoms with E-state index >= 15 is 0 Å². The summed E-state index contributed by atoms with van der Waals surface area (Å²) < 4.78 is 38.3. The summed E-state index contributed by atoms with van der Waals surface area (Å²) in [5.74, 6) is 0.346. The van der Waals surface area contributed by atoms with Gasteiger partial charge in [0.05, 0.1) is 22.3 Å². The molecule has 1 unspecified atom stereocenters. The van der Waals surface area contributed by atoms with Crippen LogP contribution >= 0.6 is 11.6 Å². The van der Waals surface area contributed by atoms with E-state index in [0.717, 1.165) is 18.2 Å². The number of alkyl halides is 3. The maximum Gasteiger partial charge on any atom is 0.417 e. The van der Waals surface area contributed by atoms with Crippen LogP contribution in [0.5, 0.6) is 0 Å². The van der Waals surface area contributed by atoms with E-state index in [1.807, 2.05) is 0 Å². The Kier molecular flexibility index (Phi) is 5.92. The van der Waals surface area contributed by atoms with E-state index in [1.165, 1.54) is 12.4 Å². The predicted octanol–water partition coefficient (Wildman–Crippen LogP) is 4.49. The van der Waals surface area contributed by atoms with Gasteiger partial charge in [-0.2, -0.15) is 13.2 Å². The van der Waals surface area contributed by atoms with E-state index < -0.39 is 28.8 Å². The van der Waals surface area contributed by atoms with E-state index in [2.05, 4.69) is 30.6 Å². The highest BCUT2D eigenvalue weighted by Gasteiger charge is 2.33. The molecule has 2 amide bonds. The minimum absolute atomic E-state index is 0.110. The zero-order valence-corrected chi connectivity index (χ0v) is 15.7. The van der Waals surface area contributed by atoms with Crippen molar-refractivity contribution in [3.8, 4) is 11.5 Å². The quantitative estimate of drug-likeness (QED) is 0.646. The molecule has 2 N–H and O–H groups in total. The normalized spacial score (nSPS) is 12.3. The van der Waals surface area contributed by atoms with Crippen molar-refractivity contribution in [3.63, 3.8) is 0 Å². The molecule has 0 spiro atoms. The first kappa shape index (κ1) is 20.5. The Hall–Kier alpha value is -3.27. The monoisotopic (exact) mass is 422 g/mol. The van der Waals surface area contributed by atoms with Crippen molar-refractivity contribution in [1.82, 2.24) is 25.3 Å². The number of anilines is 1. The second-order valence-electron chi connectivity index (χ2n) is 5.88. The van der Waals surface area contributed by atoms with Crippen LogP contribution in [0.15, 0.2) is 49.1 Å². The number of benzene rings is 1. The number of hydrogen-bond donors (Lipinski definition) is 2. The molecular formula is C18H14ClF3N6O. The second-order valence-corrected chi connectivity index (χ2v) is 6.28. The minimum atomic E-state index is -4.58. The Bertz CT molecular complexity index is 1020. The largest absolute Gasteiger partial charge is 0.417 e. The molecule has 2 heterocycles. The third-order valence-corrected chi connectivity index (χ3v) is 4.11. The van der Waals surface area contributed by atoms with E-state index in [4.69, 9.17) is 11.6 Å². The molecule has 1 atom stereocenters. The van der Waals surface area contributed by atoms with E-state index in [9.17, 15) is 18.0 Å². The molecule has 7 nitrogen and oxygen atoms in total. The van der Waals surface area contributed by atoms with Gasteiger partial charge in [0.15, 0.2) is 5.82 Å². The number of amides is 2. The summed E-state index contributed by atoms with van der Waals surface area (Å²) >= 11 is 5.66. The first-order valence-electron chi connectivity index (χ1n) is 8.28. The van der Waals surface area contributed by atoms with Crippen LogP contribution in [0.25, 0.3) is 11.5 Å². The van der Waals surface area contributed by atoms with E-state index in [0.29, 0.717) is 17.2 Å². The van der Waals surface area contributed by atoms with Gasteiger partial charge < -0.3 is 10.6 Å². The summed E-state index contributed by atoms with van der Waals surface area (Å²) in [6.07, 6.45) is 1.48. The maximum atomic E-state index is 12.8. The van der Waals surface area contributed by atoms with E-state index in [1.54, 1.807) is 25.4 Å². The van der Waals surface area contributed by atoms with Crippen LogP contribution in [-0.4, -0.2) is 26.0 Å². The molecule has 0 aliphatic rings. The SMILES string of the molecule is CC(NC(=O)Nc1ccc(C(F)(F)F)c(Cl)c1)c1nccnc1-c1ncccn1. The third kappa shape index (κ3) is 4.96. The molecule has 0 bridgehead atoms. The van der Waals surface area contributed by atoms with Crippen LogP contribution in [0.3, 0.4) is 0 Å². The van der Waals surface area contributed by atoms with Crippen LogP contribution in [0.2, 0.25) is 5.02 Å². The Morgan fingerprint density at radius 3 is 2.41 bits per heavy atom. The average Bonchev–Trinajstić information content (AvgIpc) is 2.67. The van der Waals surface area contributed by atoms with Gasteiger partial charge in [-0.15, -0.1) is 0 Å². The highest BCUT2D eigenvalue weighted by atomic mass is 35.5. The number of halogens is 4. The lowest BCUT2D eigenvalue weighted by Gasteiger charge is -2.16. The predicted molar refractivity (Wildman–Crippen MR) is 100 cm³/mol. The maximum absolute atomic E-state index is 12.8. The molecule has 0 radical (unpaired) electrons. The van der Waals surface area contributed by atoms with Crippen LogP contribution in [0.4, 0.5) is 23.7 Å². The smallest absolute Gasteiger partial charge is 0.330 e. The Morgan fingerprint density at radius 2 is 1.76 bits per heavy atom. The molecular weight excluding hydrogens is 409 g/mol. The number of nitrogens with zero attached hydrogens (tertiary/aromatic N) is 4. The molecule has 0 fully saturated rings. The van der Waals surface area contributed by atoms with Crippen molar-refractivity contribution >= 4 is 23.3 Å². The van der Waals surface area contributed by atoms with Gasteiger partial charge in [0.2, 0.25) is 0 Å². The molecule has 0 aliphatic heterocycles. The summed E-state index contributed by atoms with van der Waals surface area (Å²) in [5, 5.41) is 4.57. The first-order chi connectivity index (χ1) is 13.8. The van der Waals surface area contributed by atoms with Crippen molar-refractivity contribution in [1.29, 1.82) is 0 Å². The lowest BCUT2D eigenvalue weighted by Crippen LogP contribution is -2.32. The third-order valence-electron chi connectivity index (χ3n) is 3.79. The number of nitrogens with one attached hydrogen (secondary N) is 2. The lowest BCUT2D eigenvalue weighted by molar-refractivity contribution is -0.137. The van der Waals surface area contributed by atoms with Crippen molar-refractivity contribution < 1.29 is 18.0 Å². The van der Waals surface area contributed by atoms with Crippen molar-refractivity contribution in [2.24, 2.45) is 0 Å². The molecule has 2 aromatic heterocycles. The molecule has 1 aromatic carbocycles. The second kappa shape index (κ2) is 8.39. The summed E-state index contributed by atoms with van der Waals surface area (Å²) in [4.78, 5) is 29.0. The van der Waals surface area contributed by atoms with Gasteiger partial charge in [-0.3, -0.25) is 4.98 Å². The van der Waals surface area contributed by atoms with Crippen LogP contribution in [0, 0.1) is 0 Å². The highest BCUT2D eigenvalue weighted by molar-refractivity contribution is 6.31. The Balaban J connectivity index is 1.73. The van der Waals surface area contributed by atoms with Gasteiger partial charge in [-0.05, 0) is 31.2 Å². The molecule has 29 heavy (non-hydrogen) atoms. The number of hydrogen-bond acceptors (Lipinski definition) is 5. The molecule has 11 heteroatoms. The van der Waals surface area contributed by atoms with Gasteiger partial charge in [0, 0.05) is 30.5 Å². The molecule has 3 rings (SSSR count). The number of rotatable bonds is 4. The topological polar surface area (TPSA) is 92.7 Å². The number of urea groups is 1. The Labute approximate surface area is 168 Å². The van der Waals surface area contributed by atoms with Crippen molar-refractivity contribution in [2.45, 2.75) is 19.1 Å². The first-order valence-corrected chi connectivity index (χ1v) is 8.66. The minimum Gasteiger partial charge on any atom is -0.330 e. The summed E-state index contributed by atoms with van der Waals surface area (Å²) in [5.41, 5.74) is -0.0400. The molecule has 0 aliphatic carbocycles. The fourth-order valence-electron chi connectivity index (χ4n) is 2.51. The number of aromatic nitrogens is 4. The number of carbonyl (C=O) groups excluding carboxylic acids is 1. The van der Waals surface area contributed by atoms with E-state index in [-0.39, 0.29) is 5.69 Å². The van der Waals surface area contributed by atoms with Crippen LogP contribution < -0.4 is 10.6 Å². The standard InChI is InChI=1S/C18H14ClF3N6O/c1-10(14-15(24-8-7-23-14)16-25-5-2-6-26-16)27-17(29)28-11-3-4-12(13(19)9-11)18(20,21)22/h2-10H,1H3,(H2,27,28,29). The molecule has 0 saturated carbocycles. The van der Waals surface area contributed by atoms with Crippen molar-refractivity contribution in [2.75, 3.05) is 5.32 Å². The zero-order chi connectivity index (χ0) is 21.0. The fraction of sp³-hybridized carbons (Fsp3) is 0.167. The fourth-order valence-corrected chi connectivity index (χ4v) is 2.80. The van der Waals surface area contributed by atoms with Crippen molar-refractivity contribution in [3.05, 3.63) is 65.3 Å². The van der Waals surface area contributed by atoms with Crippen LogP contribution in [-0.2, 0) is 6.18 Å². The summed E-state index contributed by atoms with van der Waals surface area (Å²) in [6, 6.07) is 3.36. The zero-order valence-electron chi connectivity index (χ0n) is 14.9. The van der Waals surface area contributed by atoms with Gasteiger partial charge in [-0.1, -0.05) is 11.6 Å². The van der Waals surface area contributed by atoms with Crippen LogP contribution in [0.1, 0.15) is 24.2 Å². The van der Waals surface area contributed by atoms with Gasteiger partial charge in [-0.25, -0.2) is 19.7 Å². The van der Waals surface area contributed by atoms with Gasteiger partial charge >= 0.3 is 12.2 Å². The van der Waals surface area contributed by atoms with Gasteiger partial charge in [0.25, 0.3) is 0 Å². The Morgan fingerprint density at radius 1 is 1.07 bits per heavy atom. The van der Waals surface area contributed by atoms with Gasteiger partial charge in [0.1, 0.15) is 5.69 Å². The highest BCUT2D eigenvalue weighted by Crippen LogP contribution is 2.35. The lowest BCUT2D eigenvalue weighted by atomic mass is 10.1.